The van der Waals surface area contributed by atoms with Crippen molar-refractivity contribution in [1.82, 2.24) is 20.1 Å². The van der Waals surface area contributed by atoms with E-state index in [9.17, 15) is 9.59 Å². The fourth-order valence-corrected chi connectivity index (χ4v) is 4.41. The average Bonchev–Trinajstić information content (AvgIpc) is 3.36. The predicted octanol–water partition coefficient (Wildman–Crippen LogP) is 2.30. The van der Waals surface area contributed by atoms with E-state index in [1.807, 2.05) is 18.2 Å². The van der Waals surface area contributed by atoms with Crippen LogP contribution in [0.15, 0.2) is 29.6 Å². The van der Waals surface area contributed by atoms with Crippen molar-refractivity contribution in [2.45, 2.75) is 63.1 Å². The zero-order valence-electron chi connectivity index (χ0n) is 17.0. The van der Waals surface area contributed by atoms with Crippen molar-refractivity contribution in [1.29, 1.82) is 0 Å². The van der Waals surface area contributed by atoms with Crippen LogP contribution in [-0.2, 0) is 16.2 Å². The molecule has 4 rings (SSSR count). The van der Waals surface area contributed by atoms with E-state index in [-0.39, 0.29) is 18.0 Å². The molecule has 1 N–H and O–H groups in total. The minimum absolute atomic E-state index is 0.0237. The van der Waals surface area contributed by atoms with Gasteiger partial charge in [0, 0.05) is 38.7 Å². The number of carbonyl (C=O) groups excluding carboxylic acids is 2. The molecule has 156 valence electrons. The molecule has 0 unspecified atom stereocenters. The Balaban J connectivity index is 1.29. The normalized spacial score (nSPS) is 24.3. The lowest BCUT2D eigenvalue weighted by Gasteiger charge is -2.27. The summed E-state index contributed by atoms with van der Waals surface area (Å²) in [4.78, 5) is 38.8. The first-order chi connectivity index (χ1) is 14.0. The summed E-state index contributed by atoms with van der Waals surface area (Å²) in [5, 5.41) is 7.25. The fraction of sp³-hybridized carbons (Fsp3) is 0.619. The fourth-order valence-electron chi connectivity index (χ4n) is 4.41. The lowest BCUT2D eigenvalue weighted by Crippen LogP contribution is -2.46. The molecule has 1 aliphatic carbocycles. The quantitative estimate of drug-likeness (QED) is 0.842. The van der Waals surface area contributed by atoms with Gasteiger partial charge in [0.1, 0.15) is 5.71 Å². The van der Waals surface area contributed by atoms with Gasteiger partial charge in [0.15, 0.2) is 5.60 Å². The molecule has 1 saturated carbocycles. The molecule has 3 aliphatic rings. The summed E-state index contributed by atoms with van der Waals surface area (Å²) >= 11 is 0. The SMILES string of the molecule is CN(Cc1ccccn1)C(=O)C1=NO[C@@]2(CCN(C(=O)NC3CCCCC3)C2)C1. The van der Waals surface area contributed by atoms with Gasteiger partial charge in [-0.25, -0.2) is 4.79 Å². The van der Waals surface area contributed by atoms with E-state index in [1.165, 1.54) is 19.3 Å². The Labute approximate surface area is 171 Å². The summed E-state index contributed by atoms with van der Waals surface area (Å²) in [5.41, 5.74) is 0.669. The van der Waals surface area contributed by atoms with E-state index < -0.39 is 5.60 Å². The number of hydrogen-bond donors (Lipinski definition) is 1. The molecular weight excluding hydrogens is 370 g/mol. The van der Waals surface area contributed by atoms with Crippen molar-refractivity contribution >= 4 is 17.6 Å². The minimum atomic E-state index is -0.569. The molecule has 1 spiro atoms. The summed E-state index contributed by atoms with van der Waals surface area (Å²) in [7, 11) is 1.74. The van der Waals surface area contributed by atoms with Gasteiger partial charge in [-0.1, -0.05) is 30.5 Å². The number of likely N-dealkylation sites (tertiary alicyclic amines) is 1. The number of nitrogens with zero attached hydrogens (tertiary/aromatic N) is 4. The molecule has 0 radical (unpaired) electrons. The van der Waals surface area contributed by atoms with Crippen molar-refractivity contribution in [3.63, 3.8) is 0 Å². The molecule has 8 nitrogen and oxygen atoms in total. The Kier molecular flexibility index (Phi) is 5.69. The topological polar surface area (TPSA) is 87.1 Å². The molecule has 1 saturated heterocycles. The predicted molar refractivity (Wildman–Crippen MR) is 108 cm³/mol. The Morgan fingerprint density at radius 1 is 1.31 bits per heavy atom. The molecule has 3 heterocycles. The highest BCUT2D eigenvalue weighted by molar-refractivity contribution is 6.39. The molecule has 0 bridgehead atoms. The molecule has 1 aromatic rings. The summed E-state index contributed by atoms with van der Waals surface area (Å²) in [6.07, 6.45) is 8.59. The third-order valence-electron chi connectivity index (χ3n) is 6.09. The highest BCUT2D eigenvalue weighted by Gasteiger charge is 2.48. The average molecular weight is 399 g/mol. The van der Waals surface area contributed by atoms with Gasteiger partial charge < -0.3 is 20.0 Å². The van der Waals surface area contributed by atoms with Gasteiger partial charge >= 0.3 is 6.03 Å². The summed E-state index contributed by atoms with van der Waals surface area (Å²) < 4.78 is 0. The number of carbonyl (C=O) groups is 2. The van der Waals surface area contributed by atoms with E-state index in [1.54, 1.807) is 23.0 Å². The summed E-state index contributed by atoms with van der Waals surface area (Å²) in [6.45, 7) is 1.51. The number of oxime groups is 1. The Bertz CT molecular complexity index is 778. The standard InChI is InChI=1S/C21H29N5O3/c1-25(14-17-9-5-6-11-22-17)19(27)18-13-21(29-24-18)10-12-26(15-21)20(28)23-16-7-3-2-4-8-16/h5-6,9,11,16H,2-4,7-8,10,12-15H2,1H3,(H,23,28)/t21-/m0/s1. The maximum absolute atomic E-state index is 12.8. The smallest absolute Gasteiger partial charge is 0.317 e. The van der Waals surface area contributed by atoms with Crippen LogP contribution in [-0.4, -0.2) is 64.2 Å². The number of pyridine rings is 1. The Morgan fingerprint density at radius 2 is 2.14 bits per heavy atom. The lowest BCUT2D eigenvalue weighted by molar-refractivity contribution is -0.123. The van der Waals surface area contributed by atoms with Crippen molar-refractivity contribution in [2.24, 2.45) is 5.16 Å². The van der Waals surface area contributed by atoms with Gasteiger partial charge in [-0.15, -0.1) is 0 Å². The highest BCUT2D eigenvalue weighted by atomic mass is 16.7. The van der Waals surface area contributed by atoms with Crippen LogP contribution in [0.4, 0.5) is 4.79 Å². The van der Waals surface area contributed by atoms with Crippen LogP contribution < -0.4 is 5.32 Å². The first-order valence-electron chi connectivity index (χ1n) is 10.5. The molecule has 3 amide bonds. The highest BCUT2D eigenvalue weighted by Crippen LogP contribution is 2.34. The number of urea groups is 1. The van der Waals surface area contributed by atoms with Crippen LogP contribution >= 0.6 is 0 Å². The van der Waals surface area contributed by atoms with Gasteiger partial charge in [-0.05, 0) is 25.0 Å². The second kappa shape index (κ2) is 8.39. The lowest BCUT2D eigenvalue weighted by atomic mass is 9.95. The van der Waals surface area contributed by atoms with Gasteiger partial charge in [-0.2, -0.15) is 0 Å². The molecule has 1 atom stereocenters. The monoisotopic (exact) mass is 399 g/mol. The third kappa shape index (κ3) is 4.52. The largest absolute Gasteiger partial charge is 0.386 e. The van der Waals surface area contributed by atoms with Crippen LogP contribution in [0.2, 0.25) is 0 Å². The van der Waals surface area contributed by atoms with E-state index in [4.69, 9.17) is 4.84 Å². The summed E-state index contributed by atoms with van der Waals surface area (Å²) in [6, 6.07) is 5.89. The van der Waals surface area contributed by atoms with E-state index in [0.29, 0.717) is 38.2 Å². The van der Waals surface area contributed by atoms with E-state index in [2.05, 4.69) is 15.5 Å². The minimum Gasteiger partial charge on any atom is -0.386 e. The number of nitrogens with one attached hydrogen (secondary N) is 1. The van der Waals surface area contributed by atoms with Gasteiger partial charge in [-0.3, -0.25) is 9.78 Å². The van der Waals surface area contributed by atoms with E-state index >= 15 is 0 Å². The second-order valence-electron chi connectivity index (χ2n) is 8.43. The molecule has 2 aliphatic heterocycles. The van der Waals surface area contributed by atoms with Crippen LogP contribution in [0.5, 0.6) is 0 Å². The second-order valence-corrected chi connectivity index (χ2v) is 8.43. The van der Waals surface area contributed by atoms with Gasteiger partial charge in [0.25, 0.3) is 5.91 Å². The zero-order valence-corrected chi connectivity index (χ0v) is 17.0. The van der Waals surface area contributed by atoms with Crippen LogP contribution in [0.3, 0.4) is 0 Å². The van der Waals surface area contributed by atoms with Crippen molar-refractivity contribution in [3.8, 4) is 0 Å². The van der Waals surface area contributed by atoms with Gasteiger partial charge in [0.05, 0.1) is 18.8 Å². The van der Waals surface area contributed by atoms with Crippen molar-refractivity contribution in [2.75, 3.05) is 20.1 Å². The van der Waals surface area contributed by atoms with Crippen LogP contribution in [0.25, 0.3) is 0 Å². The molecule has 29 heavy (non-hydrogen) atoms. The maximum atomic E-state index is 12.8. The molecule has 1 aromatic heterocycles. The van der Waals surface area contributed by atoms with Gasteiger partial charge in [0.2, 0.25) is 0 Å². The molecule has 2 fully saturated rings. The number of amides is 3. The number of hydrogen-bond acceptors (Lipinski definition) is 5. The van der Waals surface area contributed by atoms with Crippen LogP contribution in [0.1, 0.15) is 50.6 Å². The number of aromatic nitrogens is 1. The Hall–Kier alpha value is -2.64. The molecular formula is C21H29N5O3. The summed E-state index contributed by atoms with van der Waals surface area (Å²) in [5.74, 6) is -0.155. The molecule has 0 aromatic carbocycles. The van der Waals surface area contributed by atoms with Crippen molar-refractivity contribution < 1.29 is 14.4 Å². The van der Waals surface area contributed by atoms with Crippen LogP contribution in [0, 0.1) is 0 Å². The van der Waals surface area contributed by atoms with E-state index in [0.717, 1.165) is 18.5 Å². The molecule has 8 heteroatoms. The Morgan fingerprint density at radius 3 is 2.90 bits per heavy atom. The third-order valence-corrected chi connectivity index (χ3v) is 6.09. The number of rotatable bonds is 4. The van der Waals surface area contributed by atoms with Crippen molar-refractivity contribution in [3.05, 3.63) is 30.1 Å². The first-order valence-corrected chi connectivity index (χ1v) is 10.5. The first kappa shape index (κ1) is 19.7. The zero-order chi connectivity index (χ0) is 20.3. The maximum Gasteiger partial charge on any atom is 0.317 e.